The summed E-state index contributed by atoms with van der Waals surface area (Å²) in [4.78, 5) is 10.5. The number of hydrogen-bond donors (Lipinski definition) is 1. The molecule has 16 heavy (non-hydrogen) atoms. The van der Waals surface area contributed by atoms with E-state index in [1.165, 1.54) is 6.07 Å². The summed E-state index contributed by atoms with van der Waals surface area (Å²) < 4.78 is 37.1. The normalized spacial score (nSPS) is 18.4. The highest BCUT2D eigenvalue weighted by Gasteiger charge is 2.48. The van der Waals surface area contributed by atoms with Crippen LogP contribution >= 0.6 is 11.3 Å². The van der Waals surface area contributed by atoms with Gasteiger partial charge in [-0.1, -0.05) is 0 Å². The Balaban J connectivity index is 2.22. The number of rotatable bonds is 3. The summed E-state index contributed by atoms with van der Waals surface area (Å²) in [5.74, 6) is -0.959. The first kappa shape index (κ1) is 11.4. The Labute approximate surface area is 93.7 Å². The molecule has 0 saturated heterocycles. The molecule has 1 aliphatic rings. The molecule has 1 fully saturated rings. The van der Waals surface area contributed by atoms with E-state index >= 15 is 0 Å². The van der Waals surface area contributed by atoms with Gasteiger partial charge in [0.1, 0.15) is 4.88 Å². The SMILES string of the molecule is O=C(O)CC1(c2ccc(C(F)(F)F)s2)CC1. The third kappa shape index (κ3) is 2.07. The maximum Gasteiger partial charge on any atom is 0.425 e. The van der Waals surface area contributed by atoms with Crippen LogP contribution in [0.25, 0.3) is 0 Å². The average Bonchev–Trinajstić information content (AvgIpc) is 2.73. The Bertz CT molecular complexity index is 418. The number of hydrogen-bond acceptors (Lipinski definition) is 2. The predicted molar refractivity (Wildman–Crippen MR) is 52.5 cm³/mol. The average molecular weight is 250 g/mol. The minimum atomic E-state index is -4.33. The van der Waals surface area contributed by atoms with Gasteiger partial charge in [-0.3, -0.25) is 4.79 Å². The van der Waals surface area contributed by atoms with Crippen LogP contribution in [0.4, 0.5) is 13.2 Å². The van der Waals surface area contributed by atoms with Crippen molar-refractivity contribution in [1.29, 1.82) is 0 Å². The second-order valence-electron chi connectivity index (χ2n) is 4.01. The van der Waals surface area contributed by atoms with Crippen LogP contribution in [0.1, 0.15) is 29.0 Å². The zero-order valence-electron chi connectivity index (χ0n) is 8.17. The first-order chi connectivity index (χ1) is 7.33. The van der Waals surface area contributed by atoms with Crippen LogP contribution in [-0.2, 0) is 16.4 Å². The summed E-state index contributed by atoms with van der Waals surface area (Å²) >= 11 is 0.663. The first-order valence-electron chi connectivity index (χ1n) is 4.73. The molecule has 6 heteroatoms. The van der Waals surface area contributed by atoms with Gasteiger partial charge in [0.2, 0.25) is 0 Å². The number of thiophene rings is 1. The Morgan fingerprint density at radius 3 is 2.44 bits per heavy atom. The van der Waals surface area contributed by atoms with Gasteiger partial charge < -0.3 is 5.11 Å². The number of halogens is 3. The largest absolute Gasteiger partial charge is 0.481 e. The maximum absolute atomic E-state index is 12.4. The number of carbonyl (C=O) groups is 1. The summed E-state index contributed by atoms with van der Waals surface area (Å²) in [5.41, 5.74) is -0.528. The molecule has 1 aliphatic carbocycles. The van der Waals surface area contributed by atoms with E-state index in [0.29, 0.717) is 29.1 Å². The lowest BCUT2D eigenvalue weighted by Gasteiger charge is -2.09. The third-order valence-electron chi connectivity index (χ3n) is 2.75. The van der Waals surface area contributed by atoms with Crippen molar-refractivity contribution < 1.29 is 23.1 Å². The fourth-order valence-electron chi connectivity index (χ4n) is 1.73. The lowest BCUT2D eigenvalue weighted by Crippen LogP contribution is -2.11. The van der Waals surface area contributed by atoms with Gasteiger partial charge in [-0.05, 0) is 25.0 Å². The second kappa shape index (κ2) is 3.48. The second-order valence-corrected chi connectivity index (χ2v) is 5.10. The number of aliphatic carboxylic acids is 1. The highest BCUT2D eigenvalue weighted by Crippen LogP contribution is 2.54. The number of carboxylic acid groups (broad SMARTS) is 1. The van der Waals surface area contributed by atoms with Crippen molar-refractivity contribution in [2.45, 2.75) is 30.9 Å². The summed E-state index contributed by atoms with van der Waals surface area (Å²) in [5, 5.41) is 8.70. The van der Waals surface area contributed by atoms with Crippen molar-refractivity contribution in [2.24, 2.45) is 0 Å². The molecule has 1 N–H and O–H groups in total. The molecule has 2 rings (SSSR count). The molecule has 1 aromatic heterocycles. The van der Waals surface area contributed by atoms with Crippen LogP contribution in [0.2, 0.25) is 0 Å². The van der Waals surface area contributed by atoms with E-state index in [1.54, 1.807) is 0 Å². The molecular formula is C10H9F3O2S. The number of carboxylic acids is 1. The highest BCUT2D eigenvalue weighted by atomic mass is 32.1. The smallest absolute Gasteiger partial charge is 0.425 e. The van der Waals surface area contributed by atoms with E-state index in [-0.39, 0.29) is 6.42 Å². The van der Waals surface area contributed by atoms with Crippen LogP contribution in [0.3, 0.4) is 0 Å². The molecule has 88 valence electrons. The van der Waals surface area contributed by atoms with Crippen molar-refractivity contribution in [3.05, 3.63) is 21.9 Å². The zero-order valence-corrected chi connectivity index (χ0v) is 8.99. The summed E-state index contributed by atoms with van der Waals surface area (Å²) in [6.07, 6.45) is -3.08. The molecule has 0 unspecified atom stereocenters. The van der Waals surface area contributed by atoms with Crippen LogP contribution < -0.4 is 0 Å². The molecule has 1 aromatic rings. The summed E-state index contributed by atoms with van der Waals surface area (Å²) in [6.45, 7) is 0. The van der Waals surface area contributed by atoms with Gasteiger partial charge in [0, 0.05) is 10.3 Å². The van der Waals surface area contributed by atoms with Gasteiger partial charge >= 0.3 is 12.1 Å². The standard InChI is InChI=1S/C10H9F3O2S/c11-10(12,13)7-2-1-6(16-7)9(3-4-9)5-8(14)15/h1-2H,3-5H2,(H,14,15). The van der Waals surface area contributed by atoms with Gasteiger partial charge in [0.05, 0.1) is 6.42 Å². The molecule has 1 heterocycles. The van der Waals surface area contributed by atoms with Crippen molar-refractivity contribution in [3.63, 3.8) is 0 Å². The molecule has 2 nitrogen and oxygen atoms in total. The third-order valence-corrected chi connectivity index (χ3v) is 4.13. The molecule has 0 bridgehead atoms. The Morgan fingerprint density at radius 1 is 1.44 bits per heavy atom. The van der Waals surface area contributed by atoms with E-state index in [9.17, 15) is 18.0 Å². The Kier molecular flexibility index (Phi) is 2.49. The van der Waals surface area contributed by atoms with Crippen LogP contribution in [0, 0.1) is 0 Å². The molecular weight excluding hydrogens is 241 g/mol. The fourth-order valence-corrected chi connectivity index (χ4v) is 2.84. The van der Waals surface area contributed by atoms with Crippen molar-refractivity contribution in [1.82, 2.24) is 0 Å². The van der Waals surface area contributed by atoms with Crippen LogP contribution in [0.5, 0.6) is 0 Å². The van der Waals surface area contributed by atoms with E-state index in [4.69, 9.17) is 5.11 Å². The fraction of sp³-hybridized carbons (Fsp3) is 0.500. The lowest BCUT2D eigenvalue weighted by molar-refractivity contribution is -0.137. The van der Waals surface area contributed by atoms with Gasteiger partial charge in [0.25, 0.3) is 0 Å². The van der Waals surface area contributed by atoms with Gasteiger partial charge in [-0.15, -0.1) is 11.3 Å². The number of alkyl halides is 3. The molecule has 0 radical (unpaired) electrons. The quantitative estimate of drug-likeness (QED) is 0.893. The monoisotopic (exact) mass is 250 g/mol. The summed E-state index contributed by atoms with van der Waals surface area (Å²) in [6, 6.07) is 2.44. The molecule has 0 aliphatic heterocycles. The first-order valence-corrected chi connectivity index (χ1v) is 5.54. The van der Waals surface area contributed by atoms with Crippen molar-refractivity contribution >= 4 is 17.3 Å². The minimum Gasteiger partial charge on any atom is -0.481 e. The van der Waals surface area contributed by atoms with E-state index in [1.807, 2.05) is 0 Å². The predicted octanol–water partition coefficient (Wildman–Crippen LogP) is 3.27. The maximum atomic E-state index is 12.4. The minimum absolute atomic E-state index is 0.0786. The Hall–Kier alpha value is -1.04. The lowest BCUT2D eigenvalue weighted by atomic mass is 10.0. The Morgan fingerprint density at radius 2 is 2.06 bits per heavy atom. The van der Waals surface area contributed by atoms with Gasteiger partial charge in [-0.25, -0.2) is 0 Å². The van der Waals surface area contributed by atoms with Crippen LogP contribution in [0.15, 0.2) is 12.1 Å². The topological polar surface area (TPSA) is 37.3 Å². The van der Waals surface area contributed by atoms with E-state index in [0.717, 1.165) is 6.07 Å². The summed E-state index contributed by atoms with van der Waals surface area (Å²) in [7, 11) is 0. The highest BCUT2D eigenvalue weighted by molar-refractivity contribution is 7.12. The molecule has 0 amide bonds. The zero-order chi connectivity index (χ0) is 12.0. The molecule has 0 atom stereocenters. The molecule has 0 aromatic carbocycles. The molecule has 1 saturated carbocycles. The van der Waals surface area contributed by atoms with Gasteiger partial charge in [-0.2, -0.15) is 13.2 Å². The van der Waals surface area contributed by atoms with Gasteiger partial charge in [0.15, 0.2) is 0 Å². The van der Waals surface area contributed by atoms with E-state index in [2.05, 4.69) is 0 Å². The van der Waals surface area contributed by atoms with Crippen molar-refractivity contribution in [3.8, 4) is 0 Å². The molecule has 0 spiro atoms. The van der Waals surface area contributed by atoms with Crippen molar-refractivity contribution in [2.75, 3.05) is 0 Å². The van der Waals surface area contributed by atoms with E-state index < -0.39 is 22.4 Å². The van der Waals surface area contributed by atoms with Crippen LogP contribution in [-0.4, -0.2) is 11.1 Å².